The van der Waals surface area contributed by atoms with Gasteiger partial charge in [0.1, 0.15) is 10.8 Å². The molecule has 2 aliphatic heterocycles. The maximum atomic E-state index is 5.95. The molecule has 6 heteroatoms. The third kappa shape index (κ3) is 3.66. The summed E-state index contributed by atoms with van der Waals surface area (Å²) in [7, 11) is 0. The Morgan fingerprint density at radius 3 is 2.91 bits per heavy atom. The third-order valence-electron chi connectivity index (χ3n) is 4.84. The van der Waals surface area contributed by atoms with E-state index >= 15 is 0 Å². The molecule has 0 aromatic carbocycles. The molecule has 0 bridgehead atoms. The van der Waals surface area contributed by atoms with E-state index in [9.17, 15) is 0 Å². The Morgan fingerprint density at radius 1 is 1.22 bits per heavy atom. The number of hydrogen-bond donors (Lipinski definition) is 0. The first-order valence-corrected chi connectivity index (χ1v) is 9.13. The lowest BCUT2D eigenvalue weighted by atomic mass is 9.87. The Bertz CT molecular complexity index is 601. The van der Waals surface area contributed by atoms with Gasteiger partial charge in [-0.2, -0.15) is 0 Å². The van der Waals surface area contributed by atoms with E-state index in [-0.39, 0.29) is 5.41 Å². The summed E-state index contributed by atoms with van der Waals surface area (Å²) >= 11 is 1.75. The Labute approximate surface area is 140 Å². The molecule has 0 aliphatic carbocycles. The Kier molecular flexibility index (Phi) is 4.48. The molecule has 1 unspecified atom stereocenters. The standard InChI is InChI=1S/C17H23N3O2S/c1-2-15(22-7-1)10-20-6-8-21-14-17(13-20)3-5-19(12-17)11-16-18-4-9-23-16/h1-2,4,7,9H,3,5-6,8,10-14H2. The van der Waals surface area contributed by atoms with Crippen molar-refractivity contribution in [3.05, 3.63) is 40.7 Å². The van der Waals surface area contributed by atoms with Crippen LogP contribution in [0.2, 0.25) is 0 Å². The number of furan rings is 1. The fraction of sp³-hybridized carbons (Fsp3) is 0.588. The molecule has 2 saturated heterocycles. The van der Waals surface area contributed by atoms with Crippen molar-refractivity contribution in [1.82, 2.24) is 14.8 Å². The van der Waals surface area contributed by atoms with Gasteiger partial charge in [-0.1, -0.05) is 0 Å². The fourth-order valence-electron chi connectivity index (χ4n) is 3.77. The minimum atomic E-state index is 0.250. The second-order valence-electron chi connectivity index (χ2n) is 6.73. The van der Waals surface area contributed by atoms with Crippen LogP contribution in [0.5, 0.6) is 0 Å². The van der Waals surface area contributed by atoms with Gasteiger partial charge in [0.25, 0.3) is 0 Å². The molecule has 0 radical (unpaired) electrons. The summed E-state index contributed by atoms with van der Waals surface area (Å²) in [4.78, 5) is 9.43. The van der Waals surface area contributed by atoms with Crippen LogP contribution in [0, 0.1) is 5.41 Å². The third-order valence-corrected chi connectivity index (χ3v) is 5.60. The molecule has 4 rings (SSSR count). The zero-order valence-corrected chi connectivity index (χ0v) is 14.1. The second-order valence-corrected chi connectivity index (χ2v) is 7.71. The van der Waals surface area contributed by atoms with Gasteiger partial charge in [0.05, 0.1) is 32.6 Å². The number of aromatic nitrogens is 1. The molecule has 2 aliphatic rings. The molecule has 1 atom stereocenters. The molecule has 2 aromatic rings. The van der Waals surface area contributed by atoms with Crippen molar-refractivity contribution in [2.45, 2.75) is 19.5 Å². The molecule has 2 aromatic heterocycles. The van der Waals surface area contributed by atoms with Gasteiger partial charge < -0.3 is 9.15 Å². The maximum Gasteiger partial charge on any atom is 0.117 e. The Balaban J connectivity index is 1.40. The molecule has 0 saturated carbocycles. The minimum absolute atomic E-state index is 0.250. The molecule has 2 fully saturated rings. The number of ether oxygens (including phenoxy) is 1. The summed E-state index contributed by atoms with van der Waals surface area (Å²) in [5.74, 6) is 1.04. The number of nitrogens with zero attached hydrogens (tertiary/aromatic N) is 3. The van der Waals surface area contributed by atoms with Gasteiger partial charge in [0.15, 0.2) is 0 Å². The van der Waals surface area contributed by atoms with E-state index in [1.54, 1.807) is 17.6 Å². The molecule has 0 N–H and O–H groups in total. The normalized spacial score (nSPS) is 26.8. The molecular weight excluding hydrogens is 310 g/mol. The van der Waals surface area contributed by atoms with Crippen LogP contribution in [0.3, 0.4) is 0 Å². The molecule has 124 valence electrons. The van der Waals surface area contributed by atoms with Gasteiger partial charge >= 0.3 is 0 Å². The van der Waals surface area contributed by atoms with Crippen LogP contribution in [0.1, 0.15) is 17.2 Å². The molecule has 1 spiro atoms. The lowest BCUT2D eigenvalue weighted by Crippen LogP contribution is -2.40. The number of rotatable bonds is 4. The lowest BCUT2D eigenvalue weighted by molar-refractivity contribution is 0.0704. The van der Waals surface area contributed by atoms with E-state index in [4.69, 9.17) is 9.15 Å². The molecular formula is C17H23N3O2S. The van der Waals surface area contributed by atoms with E-state index in [0.29, 0.717) is 0 Å². The number of likely N-dealkylation sites (tertiary alicyclic amines) is 1. The van der Waals surface area contributed by atoms with Crippen molar-refractivity contribution in [1.29, 1.82) is 0 Å². The molecule has 23 heavy (non-hydrogen) atoms. The quantitative estimate of drug-likeness (QED) is 0.860. The Hall–Kier alpha value is -1.21. The highest BCUT2D eigenvalue weighted by Crippen LogP contribution is 2.34. The monoisotopic (exact) mass is 333 g/mol. The SMILES string of the molecule is c1coc(CN2CCOCC3(CCN(Cc4nccs4)C3)C2)c1. The topological polar surface area (TPSA) is 41.7 Å². The predicted octanol–water partition coefficient (Wildman–Crippen LogP) is 2.46. The van der Waals surface area contributed by atoms with Crippen molar-refractivity contribution in [3.63, 3.8) is 0 Å². The number of hydrogen-bond acceptors (Lipinski definition) is 6. The first-order valence-electron chi connectivity index (χ1n) is 8.25. The highest BCUT2D eigenvalue weighted by molar-refractivity contribution is 7.09. The van der Waals surface area contributed by atoms with Gasteiger partial charge in [0, 0.05) is 36.6 Å². The minimum Gasteiger partial charge on any atom is -0.468 e. The van der Waals surface area contributed by atoms with Crippen LogP contribution in [0.4, 0.5) is 0 Å². The average Bonchev–Trinajstić information content (AvgIpc) is 3.25. The van der Waals surface area contributed by atoms with Crippen LogP contribution in [0.25, 0.3) is 0 Å². The van der Waals surface area contributed by atoms with Gasteiger partial charge in [-0.15, -0.1) is 11.3 Å². The van der Waals surface area contributed by atoms with E-state index in [0.717, 1.165) is 58.2 Å². The van der Waals surface area contributed by atoms with Gasteiger partial charge in [-0.3, -0.25) is 9.80 Å². The zero-order chi connectivity index (χ0) is 15.5. The molecule has 4 heterocycles. The summed E-state index contributed by atoms with van der Waals surface area (Å²) in [6.45, 7) is 7.84. The molecule has 5 nitrogen and oxygen atoms in total. The maximum absolute atomic E-state index is 5.95. The summed E-state index contributed by atoms with van der Waals surface area (Å²) < 4.78 is 11.5. The summed E-state index contributed by atoms with van der Waals surface area (Å²) in [5, 5.41) is 3.27. The highest BCUT2D eigenvalue weighted by Gasteiger charge is 2.41. The average molecular weight is 333 g/mol. The lowest BCUT2D eigenvalue weighted by Gasteiger charge is -2.31. The number of thiazole rings is 1. The highest BCUT2D eigenvalue weighted by atomic mass is 32.1. The zero-order valence-electron chi connectivity index (χ0n) is 13.3. The second kappa shape index (κ2) is 6.73. The van der Waals surface area contributed by atoms with Crippen LogP contribution in [-0.4, -0.2) is 54.2 Å². The van der Waals surface area contributed by atoms with Crippen molar-refractivity contribution < 1.29 is 9.15 Å². The summed E-state index contributed by atoms with van der Waals surface area (Å²) in [5.41, 5.74) is 0.250. The van der Waals surface area contributed by atoms with Crippen molar-refractivity contribution in [2.24, 2.45) is 5.41 Å². The van der Waals surface area contributed by atoms with E-state index in [1.165, 1.54) is 11.4 Å². The van der Waals surface area contributed by atoms with Gasteiger partial charge in [0.2, 0.25) is 0 Å². The van der Waals surface area contributed by atoms with Crippen LogP contribution < -0.4 is 0 Å². The van der Waals surface area contributed by atoms with Crippen molar-refractivity contribution in [3.8, 4) is 0 Å². The van der Waals surface area contributed by atoms with Crippen molar-refractivity contribution in [2.75, 3.05) is 39.4 Å². The largest absolute Gasteiger partial charge is 0.468 e. The van der Waals surface area contributed by atoms with E-state index in [2.05, 4.69) is 26.2 Å². The smallest absolute Gasteiger partial charge is 0.117 e. The summed E-state index contributed by atoms with van der Waals surface area (Å²) in [6.07, 6.45) is 4.85. The summed E-state index contributed by atoms with van der Waals surface area (Å²) in [6, 6.07) is 4.02. The van der Waals surface area contributed by atoms with Crippen LogP contribution >= 0.6 is 11.3 Å². The van der Waals surface area contributed by atoms with Crippen molar-refractivity contribution >= 4 is 11.3 Å². The first kappa shape index (κ1) is 15.3. The van der Waals surface area contributed by atoms with E-state index < -0.39 is 0 Å². The molecule has 0 amide bonds. The van der Waals surface area contributed by atoms with Crippen LogP contribution in [-0.2, 0) is 17.8 Å². The van der Waals surface area contributed by atoms with Crippen LogP contribution in [0.15, 0.2) is 34.4 Å². The first-order chi connectivity index (χ1) is 11.3. The fourth-order valence-corrected chi connectivity index (χ4v) is 4.43. The van der Waals surface area contributed by atoms with Gasteiger partial charge in [-0.25, -0.2) is 4.98 Å². The predicted molar refractivity (Wildman–Crippen MR) is 89.2 cm³/mol. The van der Waals surface area contributed by atoms with E-state index in [1.807, 2.05) is 12.3 Å². The Morgan fingerprint density at radius 2 is 2.13 bits per heavy atom. The van der Waals surface area contributed by atoms with Gasteiger partial charge in [-0.05, 0) is 25.1 Å².